The second kappa shape index (κ2) is 7.30. The van der Waals surface area contributed by atoms with Gasteiger partial charge in [0.2, 0.25) is 0 Å². The van der Waals surface area contributed by atoms with Crippen LogP contribution in [-0.2, 0) is 27.0 Å². The highest BCUT2D eigenvalue weighted by Crippen LogP contribution is 2.40. The summed E-state index contributed by atoms with van der Waals surface area (Å²) in [6.07, 6.45) is 0.961. The van der Waals surface area contributed by atoms with Gasteiger partial charge in [-0.2, -0.15) is 0 Å². The van der Waals surface area contributed by atoms with Gasteiger partial charge >= 0.3 is 0 Å². The summed E-state index contributed by atoms with van der Waals surface area (Å²) < 4.78 is 33.0. The summed E-state index contributed by atoms with van der Waals surface area (Å²) in [4.78, 5) is 2.32. The summed E-state index contributed by atoms with van der Waals surface area (Å²) >= 11 is 0. The summed E-state index contributed by atoms with van der Waals surface area (Å²) in [5, 5.41) is 0. The summed E-state index contributed by atoms with van der Waals surface area (Å²) in [7, 11) is -2.98. The average Bonchev–Trinajstić information content (AvgIpc) is 2.76. The summed E-state index contributed by atoms with van der Waals surface area (Å²) in [5.74, 6) is 1.06. The van der Waals surface area contributed by atoms with Crippen LogP contribution in [0, 0.1) is 0 Å². The fourth-order valence-electron chi connectivity index (χ4n) is 3.16. The third-order valence-electron chi connectivity index (χ3n) is 5.33. The van der Waals surface area contributed by atoms with E-state index in [1.807, 2.05) is 42.5 Å². The Morgan fingerprint density at radius 1 is 0.750 bits per heavy atom. The third kappa shape index (κ3) is 3.23. The first-order valence-corrected chi connectivity index (χ1v) is 11.6. The van der Waals surface area contributed by atoms with Crippen molar-refractivity contribution in [3.8, 4) is 11.5 Å². The van der Waals surface area contributed by atoms with E-state index >= 15 is 0 Å². The fraction of sp³-hybridized carbons (Fsp3) is 0.217. The van der Waals surface area contributed by atoms with Gasteiger partial charge in [-0.15, -0.1) is 0 Å². The van der Waals surface area contributed by atoms with Gasteiger partial charge in [-0.05, 0) is 53.8 Å². The Balaban J connectivity index is 2.01. The van der Waals surface area contributed by atoms with Crippen molar-refractivity contribution in [2.24, 2.45) is 0 Å². The van der Waals surface area contributed by atoms with Crippen LogP contribution in [0.1, 0.15) is 32.8 Å². The van der Waals surface area contributed by atoms with E-state index in [4.69, 9.17) is 4.74 Å². The molecular formula is C23H22O3S2. The molecule has 1 aliphatic rings. The van der Waals surface area contributed by atoms with E-state index in [1.54, 1.807) is 24.3 Å². The lowest BCUT2D eigenvalue weighted by atomic mass is 9.82. The van der Waals surface area contributed by atoms with E-state index in [0.717, 1.165) is 12.0 Å². The topological polar surface area (TPSA) is 43.4 Å². The Morgan fingerprint density at radius 3 is 1.93 bits per heavy atom. The molecule has 3 aromatic carbocycles. The molecule has 0 saturated carbocycles. The van der Waals surface area contributed by atoms with Crippen molar-refractivity contribution in [2.45, 2.75) is 52.2 Å². The fourth-order valence-corrected chi connectivity index (χ4v) is 6.02. The Bertz CT molecular complexity index is 1100. The van der Waals surface area contributed by atoms with Crippen LogP contribution < -0.4 is 4.74 Å². The molecule has 0 aromatic heterocycles. The quantitative estimate of drug-likeness (QED) is 0.419. The molecule has 0 fully saturated rings. The summed E-state index contributed by atoms with van der Waals surface area (Å²) in [6, 6.07) is 20.4. The van der Waals surface area contributed by atoms with Gasteiger partial charge in [-0.3, -0.25) is 0 Å². The third-order valence-corrected chi connectivity index (χ3v) is 8.42. The van der Waals surface area contributed by atoms with E-state index < -0.39 is 21.6 Å². The smallest absolute Gasteiger partial charge is 0.144 e. The maximum absolute atomic E-state index is 13.6. The van der Waals surface area contributed by atoms with Crippen LogP contribution in [0.2, 0.25) is 0 Å². The Morgan fingerprint density at radius 2 is 1.29 bits per heavy atom. The number of hydrogen-bond donors (Lipinski definition) is 0. The van der Waals surface area contributed by atoms with Crippen LogP contribution in [0.5, 0.6) is 11.5 Å². The minimum atomic E-state index is -1.50. The van der Waals surface area contributed by atoms with Crippen LogP contribution in [0.15, 0.2) is 86.3 Å². The molecule has 1 heterocycles. The molecule has 0 amide bonds. The maximum Gasteiger partial charge on any atom is 0.144 e. The highest BCUT2D eigenvalue weighted by atomic mass is 32.2. The largest absolute Gasteiger partial charge is 0.455 e. The lowest BCUT2D eigenvalue weighted by Crippen LogP contribution is -2.16. The number of hydrogen-bond acceptors (Lipinski definition) is 3. The van der Waals surface area contributed by atoms with Crippen LogP contribution in [-0.4, -0.2) is 8.42 Å². The van der Waals surface area contributed by atoms with Crippen molar-refractivity contribution in [1.29, 1.82) is 0 Å². The molecule has 28 heavy (non-hydrogen) atoms. The van der Waals surface area contributed by atoms with Gasteiger partial charge in [0.25, 0.3) is 0 Å². The molecule has 0 saturated heterocycles. The zero-order valence-electron chi connectivity index (χ0n) is 16.1. The molecule has 144 valence electrons. The first-order valence-electron chi connectivity index (χ1n) is 9.26. The second-order valence-corrected chi connectivity index (χ2v) is 10.3. The van der Waals surface area contributed by atoms with E-state index in [2.05, 4.69) is 20.8 Å². The number of ether oxygens (including phenoxy) is 1. The predicted molar refractivity (Wildman–Crippen MR) is 112 cm³/mol. The van der Waals surface area contributed by atoms with Gasteiger partial charge in [0.05, 0.1) is 41.2 Å². The van der Waals surface area contributed by atoms with Crippen molar-refractivity contribution >= 4 is 21.6 Å². The van der Waals surface area contributed by atoms with E-state index in [0.29, 0.717) is 31.1 Å². The number of para-hydroxylation sites is 1. The average molecular weight is 411 g/mol. The molecule has 0 spiro atoms. The number of rotatable bonds is 2. The van der Waals surface area contributed by atoms with E-state index in [-0.39, 0.29) is 5.41 Å². The molecule has 2 atom stereocenters. The van der Waals surface area contributed by atoms with Gasteiger partial charge < -0.3 is 4.74 Å². The van der Waals surface area contributed by atoms with Crippen LogP contribution >= 0.6 is 0 Å². The predicted octanol–water partition coefficient (Wildman–Crippen LogP) is 5.81. The molecule has 0 aliphatic carbocycles. The first-order chi connectivity index (χ1) is 13.4. The zero-order chi connectivity index (χ0) is 19.9. The monoisotopic (exact) mass is 410 g/mol. The van der Waals surface area contributed by atoms with Crippen molar-refractivity contribution < 1.29 is 13.2 Å². The normalized spacial score (nSPS) is 18.5. The van der Waals surface area contributed by atoms with Gasteiger partial charge in [-0.1, -0.05) is 51.1 Å². The second-order valence-electron chi connectivity index (χ2n) is 7.43. The number of fused-ring (bicyclic) bond motifs is 3. The van der Waals surface area contributed by atoms with Gasteiger partial charge in [0.1, 0.15) is 11.5 Å². The molecule has 5 heteroatoms. The van der Waals surface area contributed by atoms with Crippen molar-refractivity contribution in [1.82, 2.24) is 0 Å². The van der Waals surface area contributed by atoms with Gasteiger partial charge in [-0.25, -0.2) is 8.42 Å². The molecule has 3 nitrogen and oxygen atoms in total. The highest BCUT2D eigenvalue weighted by Gasteiger charge is 2.27. The van der Waals surface area contributed by atoms with Crippen LogP contribution in [0.25, 0.3) is 0 Å². The Kier molecular flexibility index (Phi) is 4.98. The Labute approximate surface area is 170 Å². The maximum atomic E-state index is 13.6. The summed E-state index contributed by atoms with van der Waals surface area (Å²) in [5.41, 5.74) is 1.06. The molecule has 0 bridgehead atoms. The van der Waals surface area contributed by atoms with E-state index in [1.165, 1.54) is 0 Å². The number of benzene rings is 3. The van der Waals surface area contributed by atoms with Crippen LogP contribution in [0.4, 0.5) is 0 Å². The zero-order valence-corrected chi connectivity index (χ0v) is 17.7. The molecule has 0 N–H and O–H groups in total. The SMILES string of the molecule is CCC(C)(C)c1ccc2c(c1)S(=O)c1ccccc1S(=O)c1ccccc1O2. The van der Waals surface area contributed by atoms with Crippen molar-refractivity contribution in [3.63, 3.8) is 0 Å². The molecule has 4 rings (SSSR count). The minimum Gasteiger partial charge on any atom is -0.455 e. The first kappa shape index (κ1) is 19.1. The van der Waals surface area contributed by atoms with Crippen molar-refractivity contribution in [2.75, 3.05) is 0 Å². The summed E-state index contributed by atoms with van der Waals surface area (Å²) in [6.45, 7) is 6.49. The lowest BCUT2D eigenvalue weighted by Gasteiger charge is -2.24. The van der Waals surface area contributed by atoms with Gasteiger partial charge in [0.15, 0.2) is 0 Å². The van der Waals surface area contributed by atoms with E-state index in [9.17, 15) is 8.42 Å². The lowest BCUT2D eigenvalue weighted by molar-refractivity contribution is 0.454. The molecule has 1 aliphatic heterocycles. The van der Waals surface area contributed by atoms with Crippen LogP contribution in [0.3, 0.4) is 0 Å². The minimum absolute atomic E-state index is 0.0437. The van der Waals surface area contributed by atoms with Gasteiger partial charge in [0, 0.05) is 0 Å². The molecular weight excluding hydrogens is 388 g/mol. The highest BCUT2D eigenvalue weighted by molar-refractivity contribution is 7.88. The molecule has 2 unspecified atom stereocenters. The Hall–Kier alpha value is -2.24. The van der Waals surface area contributed by atoms with Crippen molar-refractivity contribution in [3.05, 3.63) is 72.3 Å². The molecule has 3 aromatic rings. The molecule has 0 radical (unpaired) electrons. The standard InChI is InChI=1S/C23H22O3S2/c1-4-23(2,3)16-13-14-18-22(15-16)28(25)21-12-8-7-11-20(21)27(24)19-10-6-5-9-17(19)26-18/h5-15H,4H2,1-3H3.